The second-order valence-electron chi connectivity index (χ2n) is 5.30. The third-order valence-electron chi connectivity index (χ3n) is 3.89. The Bertz CT molecular complexity index is 341. The maximum absolute atomic E-state index is 12.0. The predicted octanol–water partition coefficient (Wildman–Crippen LogP) is -0.266. The van der Waals surface area contributed by atoms with E-state index in [9.17, 15) is 14.7 Å². The van der Waals surface area contributed by atoms with Crippen molar-refractivity contribution in [3.8, 4) is 0 Å². The normalized spacial score (nSPS) is 36.3. The highest BCUT2D eigenvalue weighted by molar-refractivity contribution is 5.84. The lowest BCUT2D eigenvalue weighted by Gasteiger charge is -2.29. The Balaban J connectivity index is 1.95. The molecule has 18 heavy (non-hydrogen) atoms. The Morgan fingerprint density at radius 1 is 1.44 bits per heavy atom. The van der Waals surface area contributed by atoms with E-state index >= 15 is 0 Å². The summed E-state index contributed by atoms with van der Waals surface area (Å²) in [6.07, 6.45) is 2.93. The summed E-state index contributed by atoms with van der Waals surface area (Å²) in [7, 11) is 0. The van der Waals surface area contributed by atoms with E-state index in [0.717, 1.165) is 25.8 Å². The van der Waals surface area contributed by atoms with E-state index in [0.29, 0.717) is 0 Å². The van der Waals surface area contributed by atoms with Crippen LogP contribution in [0.4, 0.5) is 0 Å². The van der Waals surface area contributed by atoms with E-state index in [1.54, 1.807) is 6.92 Å². The summed E-state index contributed by atoms with van der Waals surface area (Å²) in [6, 6.07) is -0.649. The number of hydrogen-bond acceptors (Lipinski definition) is 4. The minimum Gasteiger partial charge on any atom is -0.481 e. The van der Waals surface area contributed by atoms with Crippen LogP contribution in [0.15, 0.2) is 0 Å². The Labute approximate surface area is 106 Å². The number of carbonyl (C=O) groups is 2. The molecule has 0 aromatic heterocycles. The Morgan fingerprint density at radius 2 is 2.22 bits per heavy atom. The van der Waals surface area contributed by atoms with Crippen molar-refractivity contribution < 1.29 is 19.4 Å². The van der Waals surface area contributed by atoms with Crippen LogP contribution in [0, 0.1) is 5.41 Å². The molecule has 0 spiro atoms. The second-order valence-corrected chi connectivity index (χ2v) is 5.30. The predicted molar refractivity (Wildman–Crippen MR) is 64.1 cm³/mol. The molecule has 0 radical (unpaired) electrons. The van der Waals surface area contributed by atoms with Gasteiger partial charge in [0.05, 0.1) is 25.3 Å². The van der Waals surface area contributed by atoms with Crippen molar-refractivity contribution in [1.29, 1.82) is 0 Å². The third kappa shape index (κ3) is 2.49. The fourth-order valence-electron chi connectivity index (χ4n) is 2.43. The number of hydrogen-bond donors (Lipinski definition) is 3. The van der Waals surface area contributed by atoms with Gasteiger partial charge < -0.3 is 20.5 Å². The van der Waals surface area contributed by atoms with Crippen LogP contribution in [0.3, 0.4) is 0 Å². The highest BCUT2D eigenvalue weighted by Gasteiger charge is 2.47. The highest BCUT2D eigenvalue weighted by atomic mass is 16.5. The van der Waals surface area contributed by atoms with Gasteiger partial charge in [-0.15, -0.1) is 0 Å². The lowest BCUT2D eigenvalue weighted by Crippen LogP contribution is -2.55. The number of nitrogens with one attached hydrogen (secondary N) is 2. The topological polar surface area (TPSA) is 87.7 Å². The van der Waals surface area contributed by atoms with Gasteiger partial charge in [-0.2, -0.15) is 0 Å². The lowest BCUT2D eigenvalue weighted by atomic mass is 9.85. The first-order valence-electron chi connectivity index (χ1n) is 6.39. The van der Waals surface area contributed by atoms with Crippen LogP contribution in [-0.4, -0.2) is 48.8 Å². The first-order chi connectivity index (χ1) is 8.54. The van der Waals surface area contributed by atoms with Crippen LogP contribution in [0.25, 0.3) is 0 Å². The highest BCUT2D eigenvalue weighted by Crippen LogP contribution is 2.28. The minimum atomic E-state index is -1.02. The molecule has 0 bridgehead atoms. The molecule has 2 unspecified atom stereocenters. The van der Waals surface area contributed by atoms with Gasteiger partial charge in [0.2, 0.25) is 5.91 Å². The number of carboxylic acid groups (broad SMARTS) is 1. The molecule has 3 atom stereocenters. The third-order valence-corrected chi connectivity index (χ3v) is 3.89. The van der Waals surface area contributed by atoms with Crippen molar-refractivity contribution in [2.75, 3.05) is 19.8 Å². The summed E-state index contributed by atoms with van der Waals surface area (Å²) < 4.78 is 5.21. The van der Waals surface area contributed by atoms with Gasteiger partial charge in [-0.05, 0) is 26.3 Å². The van der Waals surface area contributed by atoms with E-state index in [2.05, 4.69) is 10.6 Å². The van der Waals surface area contributed by atoms with Crippen molar-refractivity contribution in [2.45, 2.75) is 38.3 Å². The van der Waals surface area contributed by atoms with Crippen molar-refractivity contribution in [1.82, 2.24) is 10.6 Å². The zero-order valence-electron chi connectivity index (χ0n) is 10.6. The molecule has 2 saturated heterocycles. The molecule has 0 aromatic carbocycles. The number of amides is 1. The van der Waals surface area contributed by atoms with E-state index in [1.165, 1.54) is 0 Å². The van der Waals surface area contributed by atoms with Crippen LogP contribution in [0.2, 0.25) is 0 Å². The molecule has 6 heteroatoms. The van der Waals surface area contributed by atoms with Gasteiger partial charge in [0.1, 0.15) is 5.41 Å². The Morgan fingerprint density at radius 3 is 2.83 bits per heavy atom. The summed E-state index contributed by atoms with van der Waals surface area (Å²) in [5.74, 6) is -1.04. The molecule has 102 valence electrons. The lowest BCUT2D eigenvalue weighted by molar-refractivity contribution is -0.149. The minimum absolute atomic E-state index is 0.113. The quantitative estimate of drug-likeness (QED) is 0.647. The Hall–Kier alpha value is -1.14. The fraction of sp³-hybridized carbons (Fsp3) is 0.833. The number of ether oxygens (including phenoxy) is 1. The van der Waals surface area contributed by atoms with E-state index in [-0.39, 0.29) is 25.2 Å². The zero-order valence-corrected chi connectivity index (χ0v) is 10.6. The van der Waals surface area contributed by atoms with Crippen LogP contribution in [0.5, 0.6) is 0 Å². The standard InChI is InChI=1S/C12H20N2O4/c1-12(11(16)17)7-18-6-9(12)14-10(15)8-4-2-3-5-13-8/h8-9,13H,2-7H2,1H3,(H,14,15)(H,16,17)/t8-,9?,12?/m1/s1. The molecule has 2 rings (SSSR count). The summed E-state index contributed by atoms with van der Waals surface area (Å²) in [4.78, 5) is 23.3. The summed E-state index contributed by atoms with van der Waals surface area (Å²) in [5.41, 5.74) is -1.02. The van der Waals surface area contributed by atoms with Crippen molar-refractivity contribution >= 4 is 11.9 Å². The molecule has 1 amide bonds. The number of carbonyl (C=O) groups excluding carboxylic acids is 1. The summed E-state index contributed by atoms with van der Waals surface area (Å²) in [5, 5.41) is 15.2. The molecule has 2 aliphatic rings. The van der Waals surface area contributed by atoms with Gasteiger partial charge in [0.15, 0.2) is 0 Å². The molecule has 0 saturated carbocycles. The molecular weight excluding hydrogens is 236 g/mol. The molecule has 0 aromatic rings. The Kier molecular flexibility index (Phi) is 3.87. The summed E-state index contributed by atoms with van der Waals surface area (Å²) >= 11 is 0. The number of rotatable bonds is 3. The van der Waals surface area contributed by atoms with Gasteiger partial charge in [0.25, 0.3) is 0 Å². The fourth-order valence-corrected chi connectivity index (χ4v) is 2.43. The maximum atomic E-state index is 12.0. The molecule has 3 N–H and O–H groups in total. The van der Waals surface area contributed by atoms with Crippen LogP contribution in [0.1, 0.15) is 26.2 Å². The summed E-state index contributed by atoms with van der Waals surface area (Å²) in [6.45, 7) is 2.86. The molecule has 0 aliphatic carbocycles. The SMILES string of the molecule is CC1(C(=O)O)COCC1NC(=O)[C@H]1CCCCN1. The zero-order chi connectivity index (χ0) is 13.2. The first-order valence-corrected chi connectivity index (χ1v) is 6.39. The van der Waals surface area contributed by atoms with Gasteiger partial charge in [-0.25, -0.2) is 0 Å². The van der Waals surface area contributed by atoms with Gasteiger partial charge in [-0.1, -0.05) is 6.42 Å². The smallest absolute Gasteiger partial charge is 0.313 e. The largest absolute Gasteiger partial charge is 0.481 e. The van der Waals surface area contributed by atoms with Crippen LogP contribution < -0.4 is 10.6 Å². The van der Waals surface area contributed by atoms with E-state index < -0.39 is 17.4 Å². The maximum Gasteiger partial charge on any atom is 0.313 e. The first kappa shape index (κ1) is 13.3. The van der Waals surface area contributed by atoms with Crippen molar-refractivity contribution in [2.24, 2.45) is 5.41 Å². The van der Waals surface area contributed by atoms with Gasteiger partial charge >= 0.3 is 5.97 Å². The molecule has 6 nitrogen and oxygen atoms in total. The van der Waals surface area contributed by atoms with Crippen molar-refractivity contribution in [3.05, 3.63) is 0 Å². The number of aliphatic carboxylic acids is 1. The van der Waals surface area contributed by atoms with E-state index in [4.69, 9.17) is 4.74 Å². The second kappa shape index (κ2) is 5.24. The number of piperidine rings is 1. The van der Waals surface area contributed by atoms with Gasteiger partial charge in [-0.3, -0.25) is 9.59 Å². The van der Waals surface area contributed by atoms with Gasteiger partial charge in [0, 0.05) is 0 Å². The molecule has 2 fully saturated rings. The van der Waals surface area contributed by atoms with Crippen LogP contribution >= 0.6 is 0 Å². The average Bonchev–Trinajstić information content (AvgIpc) is 2.73. The van der Waals surface area contributed by atoms with E-state index in [1.807, 2.05) is 0 Å². The molecule has 2 heterocycles. The molecular formula is C12H20N2O4. The molecule has 2 aliphatic heterocycles. The number of carboxylic acids is 1. The monoisotopic (exact) mass is 256 g/mol. The van der Waals surface area contributed by atoms with Crippen LogP contribution in [-0.2, 0) is 14.3 Å². The average molecular weight is 256 g/mol. The van der Waals surface area contributed by atoms with Crippen molar-refractivity contribution in [3.63, 3.8) is 0 Å².